The number of hydrogen-bond acceptors (Lipinski definition) is 5. The van der Waals surface area contributed by atoms with Crippen LogP contribution in [0.2, 0.25) is 0 Å². The number of carbonyl (C=O) groups is 1. The van der Waals surface area contributed by atoms with Crippen LogP contribution in [0.25, 0.3) is 5.69 Å². The molecular weight excluding hydrogens is 370 g/mol. The number of rotatable bonds is 7. The molecule has 28 heavy (non-hydrogen) atoms. The Kier molecular flexibility index (Phi) is 6.46. The summed E-state index contributed by atoms with van der Waals surface area (Å²) >= 11 is 1.34. The largest absolute Gasteiger partial charge is 0.351 e. The lowest BCUT2D eigenvalue weighted by Crippen LogP contribution is -2.30. The smallest absolute Gasteiger partial charge is 0.233 e. The van der Waals surface area contributed by atoms with Crippen molar-refractivity contribution >= 4 is 17.7 Å². The molecular formula is C21H25N5OS. The summed E-state index contributed by atoms with van der Waals surface area (Å²) in [5, 5.41) is 15.2. The van der Waals surface area contributed by atoms with Gasteiger partial charge in [-0.05, 0) is 53.5 Å². The minimum absolute atomic E-state index is 0.0460. The highest BCUT2D eigenvalue weighted by Gasteiger charge is 2.19. The van der Waals surface area contributed by atoms with Crippen LogP contribution in [0.5, 0.6) is 0 Å². The number of amides is 1. The van der Waals surface area contributed by atoms with Gasteiger partial charge in [-0.3, -0.25) is 4.79 Å². The van der Waals surface area contributed by atoms with Crippen LogP contribution < -0.4 is 5.32 Å². The van der Waals surface area contributed by atoms with Crippen LogP contribution in [0, 0.1) is 6.92 Å². The van der Waals surface area contributed by atoms with Crippen LogP contribution >= 0.6 is 11.8 Å². The summed E-state index contributed by atoms with van der Waals surface area (Å²) in [6.45, 7) is 8.72. The Morgan fingerprint density at radius 1 is 1.07 bits per heavy atom. The Morgan fingerprint density at radius 3 is 2.39 bits per heavy atom. The van der Waals surface area contributed by atoms with E-state index < -0.39 is 0 Å². The topological polar surface area (TPSA) is 72.7 Å². The minimum Gasteiger partial charge on any atom is -0.351 e. The van der Waals surface area contributed by atoms with E-state index in [1.165, 1.54) is 22.9 Å². The van der Waals surface area contributed by atoms with Gasteiger partial charge < -0.3 is 5.32 Å². The van der Waals surface area contributed by atoms with Crippen LogP contribution in [0.15, 0.2) is 53.7 Å². The van der Waals surface area contributed by atoms with Gasteiger partial charge in [0.15, 0.2) is 0 Å². The maximum Gasteiger partial charge on any atom is 0.233 e. The van der Waals surface area contributed by atoms with E-state index in [0.29, 0.717) is 17.6 Å². The van der Waals surface area contributed by atoms with E-state index in [2.05, 4.69) is 46.8 Å². The highest BCUT2D eigenvalue weighted by molar-refractivity contribution is 8.00. The summed E-state index contributed by atoms with van der Waals surface area (Å²) in [5.74, 6) is 0.421. The number of aryl methyl sites for hydroxylation is 1. The summed E-state index contributed by atoms with van der Waals surface area (Å²) in [4.78, 5) is 12.5. The Hall–Kier alpha value is -2.67. The van der Waals surface area contributed by atoms with Crippen LogP contribution in [0.3, 0.4) is 0 Å². The maximum atomic E-state index is 12.5. The predicted octanol–water partition coefficient (Wildman–Crippen LogP) is 3.89. The van der Waals surface area contributed by atoms with Crippen molar-refractivity contribution in [3.63, 3.8) is 0 Å². The average Bonchev–Trinajstić information content (AvgIpc) is 3.15. The number of nitrogens with one attached hydrogen (secondary N) is 1. The Bertz CT molecular complexity index is 919. The van der Waals surface area contributed by atoms with Gasteiger partial charge in [0.1, 0.15) is 0 Å². The monoisotopic (exact) mass is 395 g/mol. The molecule has 3 aromatic rings. The van der Waals surface area contributed by atoms with Crippen molar-refractivity contribution in [2.75, 3.05) is 0 Å². The lowest BCUT2D eigenvalue weighted by atomic mass is 10.0. The second-order valence-electron chi connectivity index (χ2n) is 7.08. The van der Waals surface area contributed by atoms with Gasteiger partial charge in [-0.15, -0.1) is 5.10 Å². The van der Waals surface area contributed by atoms with Gasteiger partial charge in [0.25, 0.3) is 0 Å². The number of carbonyl (C=O) groups excluding carboxylic acids is 1. The number of nitrogens with zero attached hydrogens (tertiary/aromatic N) is 4. The first-order valence-corrected chi connectivity index (χ1v) is 10.2. The molecule has 1 atom stereocenters. The van der Waals surface area contributed by atoms with Crippen LogP contribution in [0.1, 0.15) is 43.4 Å². The zero-order valence-corrected chi connectivity index (χ0v) is 17.4. The normalized spacial score (nSPS) is 12.2. The van der Waals surface area contributed by atoms with Crippen LogP contribution in [-0.2, 0) is 11.3 Å². The molecule has 2 aromatic carbocycles. The fourth-order valence-corrected chi connectivity index (χ4v) is 3.50. The van der Waals surface area contributed by atoms with Crippen LogP contribution in [-0.4, -0.2) is 31.4 Å². The SMILES string of the molecule is Cc1ccc(CNC(=O)C(C)Sc2nnnn2-c2ccc(C(C)C)cc2)cc1. The molecule has 0 aliphatic carbocycles. The minimum atomic E-state index is -0.315. The van der Waals surface area contributed by atoms with Gasteiger partial charge in [0, 0.05) is 6.54 Å². The van der Waals surface area contributed by atoms with Crippen molar-refractivity contribution in [3.05, 3.63) is 65.2 Å². The molecule has 6 nitrogen and oxygen atoms in total. The number of hydrogen-bond donors (Lipinski definition) is 1. The zero-order valence-electron chi connectivity index (χ0n) is 16.6. The Labute approximate surface area is 169 Å². The molecule has 1 aromatic heterocycles. The number of thioether (sulfide) groups is 1. The number of aromatic nitrogens is 4. The third-order valence-electron chi connectivity index (χ3n) is 4.48. The molecule has 1 N–H and O–H groups in total. The molecule has 0 saturated carbocycles. The molecule has 1 amide bonds. The molecule has 0 saturated heterocycles. The first-order valence-electron chi connectivity index (χ1n) is 9.32. The van der Waals surface area contributed by atoms with E-state index in [9.17, 15) is 4.79 Å². The third kappa shape index (κ3) is 4.98. The molecule has 7 heteroatoms. The van der Waals surface area contributed by atoms with E-state index in [1.54, 1.807) is 4.68 Å². The highest BCUT2D eigenvalue weighted by Crippen LogP contribution is 2.24. The molecule has 1 heterocycles. The van der Waals surface area contributed by atoms with Crippen LogP contribution in [0.4, 0.5) is 0 Å². The second-order valence-corrected chi connectivity index (χ2v) is 8.39. The quantitative estimate of drug-likeness (QED) is 0.615. The molecule has 0 fully saturated rings. The zero-order chi connectivity index (χ0) is 20.1. The van der Waals surface area contributed by atoms with Gasteiger partial charge in [0.2, 0.25) is 11.1 Å². The lowest BCUT2D eigenvalue weighted by Gasteiger charge is -2.12. The van der Waals surface area contributed by atoms with E-state index in [4.69, 9.17) is 0 Å². The molecule has 0 aliphatic heterocycles. The maximum absolute atomic E-state index is 12.5. The summed E-state index contributed by atoms with van der Waals surface area (Å²) in [7, 11) is 0. The number of benzene rings is 2. The van der Waals surface area contributed by atoms with Crippen molar-refractivity contribution in [1.29, 1.82) is 0 Å². The van der Waals surface area contributed by atoms with Crippen molar-refractivity contribution in [2.24, 2.45) is 0 Å². The average molecular weight is 396 g/mol. The molecule has 146 valence electrons. The molecule has 0 bridgehead atoms. The molecule has 0 aliphatic rings. The van der Waals surface area contributed by atoms with E-state index >= 15 is 0 Å². The highest BCUT2D eigenvalue weighted by atomic mass is 32.2. The number of tetrazole rings is 1. The lowest BCUT2D eigenvalue weighted by molar-refractivity contribution is -0.120. The van der Waals surface area contributed by atoms with Crippen molar-refractivity contribution < 1.29 is 4.79 Å². The molecule has 0 radical (unpaired) electrons. The first-order chi connectivity index (χ1) is 13.4. The molecule has 3 rings (SSSR count). The Balaban J connectivity index is 1.62. The molecule has 1 unspecified atom stereocenters. The predicted molar refractivity (Wildman–Crippen MR) is 112 cm³/mol. The fraction of sp³-hybridized carbons (Fsp3) is 0.333. The van der Waals surface area contributed by atoms with Gasteiger partial charge in [0.05, 0.1) is 10.9 Å². The van der Waals surface area contributed by atoms with Crippen molar-refractivity contribution in [3.8, 4) is 5.69 Å². The van der Waals surface area contributed by atoms with Gasteiger partial charge in [-0.2, -0.15) is 4.68 Å². The van der Waals surface area contributed by atoms with Crippen molar-refractivity contribution in [2.45, 2.75) is 50.6 Å². The second kappa shape index (κ2) is 9.01. The summed E-state index contributed by atoms with van der Waals surface area (Å²) in [6, 6.07) is 16.3. The molecule has 0 spiro atoms. The van der Waals surface area contributed by atoms with E-state index in [1.807, 2.05) is 50.2 Å². The summed E-state index contributed by atoms with van der Waals surface area (Å²) < 4.78 is 1.67. The van der Waals surface area contributed by atoms with Gasteiger partial charge >= 0.3 is 0 Å². The first kappa shape index (κ1) is 20.1. The van der Waals surface area contributed by atoms with E-state index in [-0.39, 0.29) is 11.2 Å². The third-order valence-corrected chi connectivity index (χ3v) is 5.52. The van der Waals surface area contributed by atoms with E-state index in [0.717, 1.165) is 11.3 Å². The van der Waals surface area contributed by atoms with Gasteiger partial charge in [-0.1, -0.05) is 67.6 Å². The standard InChI is InChI=1S/C21H25N5OS/c1-14(2)18-9-11-19(12-10-18)26-21(23-24-25-26)28-16(4)20(27)22-13-17-7-5-15(3)6-8-17/h5-12,14,16H,13H2,1-4H3,(H,22,27). The summed E-state index contributed by atoms with van der Waals surface area (Å²) in [5.41, 5.74) is 4.41. The van der Waals surface area contributed by atoms with Gasteiger partial charge in [-0.25, -0.2) is 0 Å². The fourth-order valence-electron chi connectivity index (χ4n) is 2.67. The summed E-state index contributed by atoms with van der Waals surface area (Å²) in [6.07, 6.45) is 0. The van der Waals surface area contributed by atoms with Crippen molar-refractivity contribution in [1.82, 2.24) is 25.5 Å². The Morgan fingerprint density at radius 2 is 1.75 bits per heavy atom.